The summed E-state index contributed by atoms with van der Waals surface area (Å²) < 4.78 is 5.23. The third-order valence-corrected chi connectivity index (χ3v) is 4.27. The Labute approximate surface area is 109 Å². The van der Waals surface area contributed by atoms with Gasteiger partial charge in [0.05, 0.1) is 13.3 Å². The first kappa shape index (κ1) is 13.3. The summed E-state index contributed by atoms with van der Waals surface area (Å²) in [5.74, 6) is 0.773. The van der Waals surface area contributed by atoms with Crippen LogP contribution in [0.15, 0.2) is 18.5 Å². The molecule has 1 saturated carbocycles. The van der Waals surface area contributed by atoms with Crippen molar-refractivity contribution in [2.24, 2.45) is 5.73 Å². The maximum atomic E-state index is 6.52. The lowest BCUT2D eigenvalue weighted by Crippen LogP contribution is -2.50. The Morgan fingerprint density at radius 2 is 2.00 bits per heavy atom. The summed E-state index contributed by atoms with van der Waals surface area (Å²) in [6, 6.07) is 1.99. The fourth-order valence-corrected chi connectivity index (χ4v) is 3.05. The molecule has 1 unspecified atom stereocenters. The molecule has 4 heteroatoms. The van der Waals surface area contributed by atoms with Crippen LogP contribution in [-0.2, 0) is 0 Å². The second-order valence-electron chi connectivity index (χ2n) is 5.34. The molecular formula is C14H23N3O. The van der Waals surface area contributed by atoms with Crippen LogP contribution in [0.5, 0.6) is 5.75 Å². The molecule has 18 heavy (non-hydrogen) atoms. The van der Waals surface area contributed by atoms with Crippen molar-refractivity contribution in [3.8, 4) is 5.75 Å². The fourth-order valence-electron chi connectivity index (χ4n) is 3.05. The van der Waals surface area contributed by atoms with E-state index in [0.29, 0.717) is 0 Å². The largest absolute Gasteiger partial charge is 0.495 e. The summed E-state index contributed by atoms with van der Waals surface area (Å²) in [6.07, 6.45) is 8.38. The number of pyridine rings is 1. The second kappa shape index (κ2) is 5.24. The van der Waals surface area contributed by atoms with Gasteiger partial charge in [-0.25, -0.2) is 0 Å². The molecule has 0 bridgehead atoms. The van der Waals surface area contributed by atoms with Crippen LogP contribution in [0.4, 0.5) is 0 Å². The van der Waals surface area contributed by atoms with Gasteiger partial charge in [0, 0.05) is 17.8 Å². The first-order chi connectivity index (χ1) is 8.60. The summed E-state index contributed by atoms with van der Waals surface area (Å²) in [6.45, 7) is 0. The topological polar surface area (TPSA) is 51.4 Å². The van der Waals surface area contributed by atoms with Gasteiger partial charge < -0.3 is 15.4 Å². The van der Waals surface area contributed by atoms with E-state index in [1.165, 1.54) is 12.8 Å². The molecule has 0 radical (unpaired) electrons. The average molecular weight is 249 g/mol. The Morgan fingerprint density at radius 3 is 2.56 bits per heavy atom. The van der Waals surface area contributed by atoms with E-state index in [0.717, 1.165) is 24.2 Å². The zero-order valence-corrected chi connectivity index (χ0v) is 11.5. The number of hydrogen-bond acceptors (Lipinski definition) is 4. The molecular weight excluding hydrogens is 226 g/mol. The standard InChI is InChI=1S/C14H23N3O/c1-17(2)14(6-4-5-7-14)13(15)11-8-12(18-3)10-16-9-11/h8-10,13H,4-7,15H2,1-3H3. The SMILES string of the molecule is COc1cncc(C(N)C2(N(C)C)CCCC2)c1. The molecule has 0 aliphatic heterocycles. The van der Waals surface area contributed by atoms with Crippen LogP contribution in [0.2, 0.25) is 0 Å². The molecule has 0 amide bonds. The van der Waals surface area contributed by atoms with E-state index >= 15 is 0 Å². The van der Waals surface area contributed by atoms with Crippen LogP contribution in [-0.4, -0.2) is 36.6 Å². The molecule has 1 fully saturated rings. The van der Waals surface area contributed by atoms with Crippen LogP contribution < -0.4 is 10.5 Å². The van der Waals surface area contributed by atoms with Crippen LogP contribution >= 0.6 is 0 Å². The summed E-state index contributed by atoms with van der Waals surface area (Å²) in [4.78, 5) is 6.50. The molecule has 1 aromatic heterocycles. The summed E-state index contributed by atoms with van der Waals surface area (Å²) >= 11 is 0. The number of nitrogens with two attached hydrogens (primary N) is 1. The van der Waals surface area contributed by atoms with E-state index in [9.17, 15) is 0 Å². The molecule has 4 nitrogen and oxygen atoms in total. The third-order valence-electron chi connectivity index (χ3n) is 4.27. The Hall–Kier alpha value is -1.13. The predicted molar refractivity (Wildman–Crippen MR) is 72.6 cm³/mol. The Kier molecular flexibility index (Phi) is 3.88. The lowest BCUT2D eigenvalue weighted by atomic mass is 9.83. The van der Waals surface area contributed by atoms with Crippen LogP contribution in [0, 0.1) is 0 Å². The van der Waals surface area contributed by atoms with Crippen molar-refractivity contribution >= 4 is 0 Å². The molecule has 1 aliphatic rings. The molecule has 1 aromatic rings. The highest BCUT2D eigenvalue weighted by atomic mass is 16.5. The highest BCUT2D eigenvalue weighted by molar-refractivity contribution is 5.28. The number of nitrogens with zero attached hydrogens (tertiary/aromatic N) is 2. The predicted octanol–water partition coefficient (Wildman–Crippen LogP) is 1.96. The van der Waals surface area contributed by atoms with Gasteiger partial charge in [0.25, 0.3) is 0 Å². The Balaban J connectivity index is 2.30. The first-order valence-corrected chi connectivity index (χ1v) is 6.52. The van der Waals surface area contributed by atoms with E-state index in [4.69, 9.17) is 10.5 Å². The third kappa shape index (κ3) is 2.22. The van der Waals surface area contributed by atoms with Gasteiger partial charge in [0.15, 0.2) is 0 Å². The highest BCUT2D eigenvalue weighted by Crippen LogP contribution is 2.42. The highest BCUT2D eigenvalue weighted by Gasteiger charge is 2.42. The molecule has 2 N–H and O–H groups in total. The molecule has 0 saturated heterocycles. The van der Waals surface area contributed by atoms with E-state index in [-0.39, 0.29) is 11.6 Å². The van der Waals surface area contributed by atoms with Crippen molar-refractivity contribution in [3.05, 3.63) is 24.0 Å². The second-order valence-corrected chi connectivity index (χ2v) is 5.34. The van der Waals surface area contributed by atoms with Crippen LogP contribution in [0.3, 0.4) is 0 Å². The van der Waals surface area contributed by atoms with E-state index in [1.807, 2.05) is 12.3 Å². The molecule has 0 spiro atoms. The Bertz CT molecular complexity index is 400. The fraction of sp³-hybridized carbons (Fsp3) is 0.643. The molecule has 1 aliphatic carbocycles. The average Bonchev–Trinajstić information content (AvgIpc) is 2.88. The van der Waals surface area contributed by atoms with Gasteiger partial charge in [-0.3, -0.25) is 4.98 Å². The maximum Gasteiger partial charge on any atom is 0.137 e. The monoisotopic (exact) mass is 249 g/mol. The zero-order valence-electron chi connectivity index (χ0n) is 11.5. The van der Waals surface area contributed by atoms with Crippen LogP contribution in [0.1, 0.15) is 37.3 Å². The van der Waals surface area contributed by atoms with Crippen molar-refractivity contribution in [1.29, 1.82) is 0 Å². The van der Waals surface area contributed by atoms with Crippen molar-refractivity contribution < 1.29 is 4.74 Å². The Morgan fingerprint density at radius 1 is 1.33 bits per heavy atom. The minimum absolute atomic E-state index is 0.0161. The summed E-state index contributed by atoms with van der Waals surface area (Å²) in [7, 11) is 5.90. The number of rotatable bonds is 4. The van der Waals surface area contributed by atoms with Crippen molar-refractivity contribution in [2.45, 2.75) is 37.3 Å². The van der Waals surface area contributed by atoms with Gasteiger partial charge in [-0.2, -0.15) is 0 Å². The zero-order chi connectivity index (χ0) is 13.2. The van der Waals surface area contributed by atoms with Crippen LogP contribution in [0.25, 0.3) is 0 Å². The van der Waals surface area contributed by atoms with Gasteiger partial charge in [-0.1, -0.05) is 12.8 Å². The van der Waals surface area contributed by atoms with E-state index < -0.39 is 0 Å². The number of aromatic nitrogens is 1. The van der Waals surface area contributed by atoms with Gasteiger partial charge in [0.1, 0.15) is 5.75 Å². The van der Waals surface area contributed by atoms with Gasteiger partial charge in [-0.15, -0.1) is 0 Å². The molecule has 1 heterocycles. The minimum Gasteiger partial charge on any atom is -0.495 e. The molecule has 0 aromatic carbocycles. The lowest BCUT2D eigenvalue weighted by Gasteiger charge is -2.41. The number of ether oxygens (including phenoxy) is 1. The first-order valence-electron chi connectivity index (χ1n) is 6.52. The van der Waals surface area contributed by atoms with Crippen molar-refractivity contribution in [2.75, 3.05) is 21.2 Å². The van der Waals surface area contributed by atoms with Gasteiger partial charge >= 0.3 is 0 Å². The van der Waals surface area contributed by atoms with E-state index in [2.05, 4.69) is 24.0 Å². The number of hydrogen-bond donors (Lipinski definition) is 1. The van der Waals surface area contributed by atoms with Crippen molar-refractivity contribution in [1.82, 2.24) is 9.88 Å². The smallest absolute Gasteiger partial charge is 0.137 e. The number of likely N-dealkylation sites (N-methyl/N-ethyl adjacent to an activating group) is 1. The summed E-state index contributed by atoms with van der Waals surface area (Å²) in [5, 5.41) is 0. The molecule has 1 atom stereocenters. The molecule has 2 rings (SSSR count). The quantitative estimate of drug-likeness (QED) is 0.886. The van der Waals surface area contributed by atoms with E-state index in [1.54, 1.807) is 13.3 Å². The minimum atomic E-state index is -0.0161. The lowest BCUT2D eigenvalue weighted by molar-refractivity contribution is 0.123. The van der Waals surface area contributed by atoms with Gasteiger partial charge in [0.2, 0.25) is 0 Å². The van der Waals surface area contributed by atoms with Gasteiger partial charge in [-0.05, 0) is 38.6 Å². The summed E-state index contributed by atoms with van der Waals surface area (Å²) in [5.41, 5.74) is 7.65. The van der Waals surface area contributed by atoms with Crippen molar-refractivity contribution in [3.63, 3.8) is 0 Å². The maximum absolute atomic E-state index is 6.52. The molecule has 100 valence electrons. The normalized spacial score (nSPS) is 20.1. The number of methoxy groups -OCH3 is 1.